The topological polar surface area (TPSA) is 68.0 Å². The van der Waals surface area contributed by atoms with Gasteiger partial charge in [0.05, 0.1) is 11.4 Å². The Hall–Kier alpha value is -1.98. The van der Waals surface area contributed by atoms with Crippen LogP contribution >= 0.6 is 11.6 Å². The Balaban J connectivity index is 2.22. The minimum Gasteiger partial charge on any atom is -0.325 e. The van der Waals surface area contributed by atoms with Gasteiger partial charge in [-0.25, -0.2) is 4.39 Å². The smallest absolute Gasteiger partial charge is 0.255 e. The second kappa shape index (κ2) is 5.77. The second-order valence-electron chi connectivity index (χ2n) is 3.82. The van der Waals surface area contributed by atoms with Crippen molar-refractivity contribution < 1.29 is 9.18 Å². The third-order valence-electron chi connectivity index (χ3n) is 2.46. The van der Waals surface area contributed by atoms with Crippen LogP contribution in [-0.4, -0.2) is 10.9 Å². The summed E-state index contributed by atoms with van der Waals surface area (Å²) >= 11 is 5.75. The highest BCUT2D eigenvalue weighted by Crippen LogP contribution is 2.20. The van der Waals surface area contributed by atoms with E-state index in [9.17, 15) is 9.18 Å². The zero-order chi connectivity index (χ0) is 13.8. The van der Waals surface area contributed by atoms with Gasteiger partial charge in [0.25, 0.3) is 5.91 Å². The largest absolute Gasteiger partial charge is 0.325 e. The summed E-state index contributed by atoms with van der Waals surface area (Å²) in [4.78, 5) is 15.9. The second-order valence-corrected chi connectivity index (χ2v) is 4.25. The van der Waals surface area contributed by atoms with Crippen LogP contribution in [0.5, 0.6) is 0 Å². The molecule has 1 heterocycles. The molecular weight excluding hydrogens is 269 g/mol. The Morgan fingerprint density at radius 1 is 1.37 bits per heavy atom. The van der Waals surface area contributed by atoms with Crippen LogP contribution in [0.4, 0.5) is 10.1 Å². The Labute approximate surface area is 114 Å². The predicted molar refractivity (Wildman–Crippen MR) is 71.5 cm³/mol. The maximum atomic E-state index is 13.5. The normalized spacial score (nSPS) is 10.3. The van der Waals surface area contributed by atoms with E-state index >= 15 is 0 Å². The summed E-state index contributed by atoms with van der Waals surface area (Å²) in [5.41, 5.74) is 6.41. The number of hydrogen-bond donors (Lipinski definition) is 2. The molecular formula is C13H11ClFN3O. The molecule has 6 heteroatoms. The zero-order valence-electron chi connectivity index (χ0n) is 9.86. The number of hydrogen-bond acceptors (Lipinski definition) is 3. The molecule has 1 aromatic carbocycles. The number of carbonyl (C=O) groups excluding carboxylic acids is 1. The van der Waals surface area contributed by atoms with Gasteiger partial charge in [-0.3, -0.25) is 9.78 Å². The molecule has 0 saturated heterocycles. The maximum Gasteiger partial charge on any atom is 0.255 e. The van der Waals surface area contributed by atoms with Gasteiger partial charge in [-0.2, -0.15) is 0 Å². The third-order valence-corrected chi connectivity index (χ3v) is 2.70. The fourth-order valence-electron chi connectivity index (χ4n) is 1.52. The van der Waals surface area contributed by atoms with Gasteiger partial charge in [0.15, 0.2) is 0 Å². The number of halogens is 2. The van der Waals surface area contributed by atoms with Crippen molar-refractivity contribution in [1.82, 2.24) is 4.98 Å². The van der Waals surface area contributed by atoms with E-state index in [0.29, 0.717) is 16.3 Å². The average molecular weight is 280 g/mol. The van der Waals surface area contributed by atoms with Gasteiger partial charge in [0.2, 0.25) is 0 Å². The molecule has 98 valence electrons. The molecule has 0 aliphatic carbocycles. The van der Waals surface area contributed by atoms with Crippen molar-refractivity contribution in [3.05, 3.63) is 58.6 Å². The van der Waals surface area contributed by atoms with Crippen LogP contribution in [0.2, 0.25) is 5.02 Å². The standard InChI is InChI=1S/C13H11ClFN3O/c14-9-1-2-11(15)12(6-9)18-13(19)8-3-4-17-10(5-8)7-16/h1-6H,7,16H2,(H,18,19). The fraction of sp³-hybridized carbons (Fsp3) is 0.0769. The first-order valence-electron chi connectivity index (χ1n) is 5.51. The summed E-state index contributed by atoms with van der Waals surface area (Å²) in [5, 5.41) is 2.79. The maximum absolute atomic E-state index is 13.5. The van der Waals surface area contributed by atoms with E-state index in [1.807, 2.05) is 0 Å². The van der Waals surface area contributed by atoms with Crippen molar-refractivity contribution in [2.45, 2.75) is 6.54 Å². The van der Waals surface area contributed by atoms with Gasteiger partial charge in [0.1, 0.15) is 5.82 Å². The highest BCUT2D eigenvalue weighted by molar-refractivity contribution is 6.31. The molecule has 1 aromatic heterocycles. The Morgan fingerprint density at radius 2 is 2.16 bits per heavy atom. The lowest BCUT2D eigenvalue weighted by molar-refractivity contribution is 0.102. The fourth-order valence-corrected chi connectivity index (χ4v) is 1.69. The lowest BCUT2D eigenvalue weighted by Crippen LogP contribution is -2.14. The Bertz CT molecular complexity index is 619. The van der Waals surface area contributed by atoms with Crippen LogP contribution in [0.1, 0.15) is 16.1 Å². The molecule has 0 bridgehead atoms. The average Bonchev–Trinajstić information content (AvgIpc) is 2.43. The van der Waals surface area contributed by atoms with E-state index in [-0.39, 0.29) is 12.2 Å². The van der Waals surface area contributed by atoms with Crippen LogP contribution in [0.15, 0.2) is 36.5 Å². The number of anilines is 1. The number of nitrogens with two attached hydrogens (primary N) is 1. The molecule has 0 atom stereocenters. The minimum absolute atomic E-state index is 0.0311. The summed E-state index contributed by atoms with van der Waals surface area (Å²) in [6.45, 7) is 0.229. The van der Waals surface area contributed by atoms with Gasteiger partial charge < -0.3 is 11.1 Å². The molecule has 2 aromatic rings. The Morgan fingerprint density at radius 3 is 2.89 bits per heavy atom. The molecule has 0 radical (unpaired) electrons. The van der Waals surface area contributed by atoms with Gasteiger partial charge >= 0.3 is 0 Å². The highest BCUT2D eigenvalue weighted by Gasteiger charge is 2.10. The molecule has 0 aliphatic heterocycles. The molecule has 0 spiro atoms. The number of nitrogens with zero attached hydrogens (tertiary/aromatic N) is 1. The van der Waals surface area contributed by atoms with Crippen molar-refractivity contribution in [2.75, 3.05) is 5.32 Å². The van der Waals surface area contributed by atoms with E-state index in [1.165, 1.54) is 30.5 Å². The number of aromatic nitrogens is 1. The predicted octanol–water partition coefficient (Wildman–Crippen LogP) is 2.59. The van der Waals surface area contributed by atoms with Crippen LogP contribution in [0.25, 0.3) is 0 Å². The molecule has 19 heavy (non-hydrogen) atoms. The number of nitrogens with one attached hydrogen (secondary N) is 1. The molecule has 2 rings (SSSR count). The van der Waals surface area contributed by atoms with Crippen LogP contribution in [0.3, 0.4) is 0 Å². The quantitative estimate of drug-likeness (QED) is 0.907. The summed E-state index contributed by atoms with van der Waals surface area (Å²) < 4.78 is 13.5. The number of pyridine rings is 1. The van der Waals surface area contributed by atoms with Gasteiger partial charge in [-0.05, 0) is 30.3 Å². The number of carbonyl (C=O) groups is 1. The monoisotopic (exact) mass is 279 g/mol. The molecule has 0 saturated carbocycles. The highest BCUT2D eigenvalue weighted by atomic mass is 35.5. The van der Waals surface area contributed by atoms with Gasteiger partial charge in [0, 0.05) is 23.3 Å². The van der Waals surface area contributed by atoms with Crippen LogP contribution in [0, 0.1) is 5.82 Å². The summed E-state index contributed by atoms with van der Waals surface area (Å²) in [6.07, 6.45) is 1.48. The van der Waals surface area contributed by atoms with E-state index in [2.05, 4.69) is 10.3 Å². The lowest BCUT2D eigenvalue weighted by atomic mass is 10.2. The zero-order valence-corrected chi connectivity index (χ0v) is 10.6. The SMILES string of the molecule is NCc1cc(C(=O)Nc2cc(Cl)ccc2F)ccn1. The number of rotatable bonds is 3. The first kappa shape index (κ1) is 13.5. The van der Waals surface area contributed by atoms with Gasteiger partial charge in [-0.15, -0.1) is 0 Å². The summed E-state index contributed by atoms with van der Waals surface area (Å²) in [6, 6.07) is 7.02. The molecule has 4 nitrogen and oxygen atoms in total. The van der Waals surface area contributed by atoms with E-state index in [1.54, 1.807) is 6.07 Å². The minimum atomic E-state index is -0.550. The van der Waals surface area contributed by atoms with Crippen LogP contribution in [-0.2, 0) is 6.54 Å². The molecule has 1 amide bonds. The van der Waals surface area contributed by atoms with Crippen molar-refractivity contribution in [3.8, 4) is 0 Å². The molecule has 0 aliphatic rings. The molecule has 3 N–H and O–H groups in total. The van der Waals surface area contributed by atoms with Gasteiger partial charge in [-0.1, -0.05) is 11.6 Å². The Kier molecular flexibility index (Phi) is 4.09. The van der Waals surface area contributed by atoms with Crippen molar-refractivity contribution in [2.24, 2.45) is 5.73 Å². The first-order valence-corrected chi connectivity index (χ1v) is 5.89. The van der Waals surface area contributed by atoms with E-state index in [4.69, 9.17) is 17.3 Å². The van der Waals surface area contributed by atoms with Crippen molar-refractivity contribution in [1.29, 1.82) is 0 Å². The summed E-state index contributed by atoms with van der Waals surface area (Å²) in [5.74, 6) is -0.996. The lowest BCUT2D eigenvalue weighted by Gasteiger charge is -2.07. The molecule has 0 fully saturated rings. The number of amides is 1. The summed E-state index contributed by atoms with van der Waals surface area (Å²) in [7, 11) is 0. The van der Waals surface area contributed by atoms with Crippen LogP contribution < -0.4 is 11.1 Å². The van der Waals surface area contributed by atoms with Crippen molar-refractivity contribution in [3.63, 3.8) is 0 Å². The van der Waals surface area contributed by atoms with E-state index < -0.39 is 11.7 Å². The van der Waals surface area contributed by atoms with Crippen molar-refractivity contribution >= 4 is 23.2 Å². The molecule has 0 unspecified atom stereocenters. The first-order chi connectivity index (χ1) is 9.10. The third kappa shape index (κ3) is 3.27. The number of benzene rings is 1. The van der Waals surface area contributed by atoms with E-state index in [0.717, 1.165) is 0 Å².